The van der Waals surface area contributed by atoms with E-state index < -0.39 is 6.04 Å². The average molecular weight is 421 g/mol. The van der Waals surface area contributed by atoms with Gasteiger partial charge in [-0.1, -0.05) is 41.9 Å². The molecule has 1 amide bonds. The number of rotatable bonds is 6. The molecule has 30 heavy (non-hydrogen) atoms. The second kappa shape index (κ2) is 8.47. The molecule has 1 atom stereocenters. The van der Waals surface area contributed by atoms with Crippen molar-refractivity contribution in [2.75, 3.05) is 7.11 Å². The van der Waals surface area contributed by atoms with Crippen LogP contribution in [0.15, 0.2) is 79.4 Å². The molecule has 0 saturated carbocycles. The molecule has 4 rings (SSSR count). The minimum absolute atomic E-state index is 0.301. The van der Waals surface area contributed by atoms with Gasteiger partial charge in [-0.2, -0.15) is 0 Å². The molecular formula is C23H21ClN4O2. The van der Waals surface area contributed by atoms with Crippen LogP contribution in [0.3, 0.4) is 0 Å². The van der Waals surface area contributed by atoms with Crippen molar-refractivity contribution in [2.24, 2.45) is 7.05 Å². The summed E-state index contributed by atoms with van der Waals surface area (Å²) in [7, 11) is 3.43. The maximum atomic E-state index is 13.3. The molecular weight excluding hydrogens is 400 g/mol. The average Bonchev–Trinajstić information content (AvgIpc) is 3.44. The summed E-state index contributed by atoms with van der Waals surface area (Å²) in [5.41, 5.74) is 2.02. The molecule has 0 bridgehead atoms. The van der Waals surface area contributed by atoms with Gasteiger partial charge in [-0.05, 0) is 23.8 Å². The summed E-state index contributed by atoms with van der Waals surface area (Å²) >= 11 is 6.50. The number of imidazole rings is 1. The molecule has 2 aromatic carbocycles. The normalized spacial score (nSPS) is 11.8. The number of carbonyl (C=O) groups excluding carboxylic acids is 1. The molecule has 6 nitrogen and oxygen atoms in total. The van der Waals surface area contributed by atoms with E-state index in [0.29, 0.717) is 16.3 Å². The largest absolute Gasteiger partial charge is 0.496 e. The number of amides is 1. The number of hydrogen-bond donors (Lipinski definition) is 1. The standard InChI is InChI=1S/C23H21ClN4O2/c1-27-13-10-25-22(27)21(16-8-4-3-5-9-16)26-23(29)17-14-18(24)19(15-20(17)30-2)28-11-6-7-12-28/h3-15,21H,1-2H3,(H,26,29). The van der Waals surface area contributed by atoms with E-state index in [2.05, 4.69) is 10.3 Å². The van der Waals surface area contributed by atoms with Crippen molar-refractivity contribution in [3.05, 3.63) is 101 Å². The summed E-state index contributed by atoms with van der Waals surface area (Å²) in [6.07, 6.45) is 7.32. The SMILES string of the molecule is COc1cc(-n2cccc2)c(Cl)cc1C(=O)NC(c1ccccc1)c1nccn1C. The second-order valence-corrected chi connectivity index (χ2v) is 7.21. The Hall–Kier alpha value is -3.51. The van der Waals surface area contributed by atoms with Gasteiger partial charge in [0.2, 0.25) is 0 Å². The Balaban J connectivity index is 1.71. The number of benzene rings is 2. The fraction of sp³-hybridized carbons (Fsp3) is 0.130. The number of hydrogen-bond acceptors (Lipinski definition) is 3. The highest BCUT2D eigenvalue weighted by Gasteiger charge is 2.24. The van der Waals surface area contributed by atoms with E-state index in [1.165, 1.54) is 7.11 Å². The lowest BCUT2D eigenvalue weighted by molar-refractivity contribution is 0.0938. The van der Waals surface area contributed by atoms with Gasteiger partial charge in [0, 0.05) is 37.9 Å². The van der Waals surface area contributed by atoms with Crippen molar-refractivity contribution in [2.45, 2.75) is 6.04 Å². The minimum atomic E-state index is -0.425. The van der Waals surface area contributed by atoms with Crippen molar-refractivity contribution in [3.8, 4) is 11.4 Å². The smallest absolute Gasteiger partial charge is 0.255 e. The highest BCUT2D eigenvalue weighted by Crippen LogP contribution is 2.31. The van der Waals surface area contributed by atoms with Crippen LogP contribution in [-0.2, 0) is 7.05 Å². The Bertz CT molecular complexity index is 1150. The summed E-state index contributed by atoms with van der Waals surface area (Å²) in [4.78, 5) is 17.7. The molecule has 4 aromatic rings. The molecule has 0 saturated heterocycles. The zero-order valence-corrected chi connectivity index (χ0v) is 17.4. The fourth-order valence-electron chi connectivity index (χ4n) is 3.39. The van der Waals surface area contributed by atoms with E-state index in [1.54, 1.807) is 18.3 Å². The van der Waals surface area contributed by atoms with E-state index in [9.17, 15) is 4.79 Å². The molecule has 0 fully saturated rings. The van der Waals surface area contributed by atoms with Crippen LogP contribution < -0.4 is 10.1 Å². The Kier molecular flexibility index (Phi) is 5.59. The molecule has 0 spiro atoms. The zero-order chi connectivity index (χ0) is 21.1. The molecule has 1 unspecified atom stereocenters. The third-order valence-electron chi connectivity index (χ3n) is 4.92. The van der Waals surface area contributed by atoms with Gasteiger partial charge < -0.3 is 19.2 Å². The number of aromatic nitrogens is 3. The van der Waals surface area contributed by atoms with Crippen molar-refractivity contribution in [3.63, 3.8) is 0 Å². The van der Waals surface area contributed by atoms with Crippen molar-refractivity contribution >= 4 is 17.5 Å². The van der Waals surface area contributed by atoms with Crippen LogP contribution >= 0.6 is 11.6 Å². The summed E-state index contributed by atoms with van der Waals surface area (Å²) in [6, 6.07) is 16.5. The monoisotopic (exact) mass is 420 g/mol. The lowest BCUT2D eigenvalue weighted by Gasteiger charge is -2.20. The van der Waals surface area contributed by atoms with Crippen molar-refractivity contribution < 1.29 is 9.53 Å². The molecule has 7 heteroatoms. The van der Waals surface area contributed by atoms with Crippen molar-refractivity contribution in [1.82, 2.24) is 19.4 Å². The number of aryl methyl sites for hydroxylation is 1. The number of halogens is 1. The summed E-state index contributed by atoms with van der Waals surface area (Å²) in [5.74, 6) is 0.862. The third-order valence-corrected chi connectivity index (χ3v) is 5.22. The van der Waals surface area contributed by atoms with E-state index >= 15 is 0 Å². The minimum Gasteiger partial charge on any atom is -0.496 e. The van der Waals surface area contributed by atoms with Gasteiger partial charge in [0.1, 0.15) is 17.6 Å². The van der Waals surface area contributed by atoms with Crippen molar-refractivity contribution in [1.29, 1.82) is 0 Å². The summed E-state index contributed by atoms with van der Waals surface area (Å²) in [6.45, 7) is 0. The topological polar surface area (TPSA) is 61.1 Å². The quantitative estimate of drug-likeness (QED) is 0.503. The lowest BCUT2D eigenvalue weighted by atomic mass is 10.0. The van der Waals surface area contributed by atoms with Crippen LogP contribution in [0.5, 0.6) is 5.75 Å². The predicted molar refractivity (Wildman–Crippen MR) is 116 cm³/mol. The van der Waals surface area contributed by atoms with Crippen LogP contribution in [0, 0.1) is 0 Å². The first-order chi connectivity index (χ1) is 14.6. The lowest BCUT2D eigenvalue weighted by Crippen LogP contribution is -2.31. The highest BCUT2D eigenvalue weighted by atomic mass is 35.5. The molecule has 0 aliphatic carbocycles. The molecule has 2 heterocycles. The maximum absolute atomic E-state index is 13.3. The highest BCUT2D eigenvalue weighted by molar-refractivity contribution is 6.33. The van der Waals surface area contributed by atoms with Gasteiger partial charge in [-0.15, -0.1) is 0 Å². The van der Waals surface area contributed by atoms with Crippen LogP contribution in [0.4, 0.5) is 0 Å². The van der Waals surface area contributed by atoms with Crippen LogP contribution in [0.2, 0.25) is 5.02 Å². The summed E-state index contributed by atoms with van der Waals surface area (Å²) < 4.78 is 9.26. The first-order valence-electron chi connectivity index (χ1n) is 9.42. The number of nitrogens with one attached hydrogen (secondary N) is 1. The number of nitrogens with zero attached hydrogens (tertiary/aromatic N) is 3. The van der Waals surface area contributed by atoms with E-state index in [0.717, 1.165) is 17.1 Å². The molecule has 0 aliphatic rings. The Morgan fingerprint density at radius 3 is 2.47 bits per heavy atom. The van der Waals surface area contributed by atoms with Gasteiger partial charge in [0.15, 0.2) is 0 Å². The zero-order valence-electron chi connectivity index (χ0n) is 16.6. The number of carbonyl (C=O) groups is 1. The third kappa shape index (κ3) is 3.82. The van der Waals surface area contributed by atoms with Gasteiger partial charge in [0.25, 0.3) is 5.91 Å². The van der Waals surface area contributed by atoms with E-state index in [4.69, 9.17) is 16.3 Å². The second-order valence-electron chi connectivity index (χ2n) is 6.81. The first-order valence-corrected chi connectivity index (χ1v) is 9.80. The first kappa shape index (κ1) is 19.8. The molecule has 0 aliphatic heterocycles. The molecule has 2 aromatic heterocycles. The van der Waals surface area contributed by atoms with Gasteiger partial charge >= 0.3 is 0 Å². The van der Waals surface area contributed by atoms with Crippen LogP contribution in [0.1, 0.15) is 27.8 Å². The molecule has 0 radical (unpaired) electrons. The summed E-state index contributed by atoms with van der Waals surface area (Å²) in [5, 5.41) is 3.53. The predicted octanol–water partition coefficient (Wildman–Crippen LogP) is 4.39. The van der Waals surface area contributed by atoms with E-state index in [1.807, 2.05) is 77.2 Å². The number of ether oxygens (including phenoxy) is 1. The Labute approximate surface area is 179 Å². The van der Waals surface area contributed by atoms with Crippen LogP contribution in [0.25, 0.3) is 5.69 Å². The number of methoxy groups -OCH3 is 1. The van der Waals surface area contributed by atoms with E-state index in [-0.39, 0.29) is 5.91 Å². The van der Waals surface area contributed by atoms with Crippen LogP contribution in [-0.4, -0.2) is 27.1 Å². The van der Waals surface area contributed by atoms with Gasteiger partial charge in [-0.25, -0.2) is 4.98 Å². The van der Waals surface area contributed by atoms with Gasteiger partial charge in [0.05, 0.1) is 23.4 Å². The van der Waals surface area contributed by atoms with Gasteiger partial charge in [-0.3, -0.25) is 4.79 Å². The Morgan fingerprint density at radius 1 is 1.10 bits per heavy atom. The maximum Gasteiger partial charge on any atom is 0.255 e. The Morgan fingerprint density at radius 2 is 1.83 bits per heavy atom. The molecule has 1 N–H and O–H groups in total. The fourth-order valence-corrected chi connectivity index (χ4v) is 3.65. The molecule has 152 valence electrons.